The Bertz CT molecular complexity index is 1030. The minimum atomic E-state index is -1.37. The number of carboxylic acids is 1. The molecule has 34 heavy (non-hydrogen) atoms. The number of aliphatic hydroxyl groups excluding tert-OH is 1. The number of carbonyl (C=O) groups is 3. The predicted molar refractivity (Wildman–Crippen MR) is 124 cm³/mol. The molecule has 6 atom stereocenters. The zero-order valence-corrected chi connectivity index (χ0v) is 20.7. The second-order valence-corrected chi connectivity index (χ2v) is 10.8. The average Bonchev–Trinajstić information content (AvgIpc) is 3.34. The van der Waals surface area contributed by atoms with Gasteiger partial charge in [-0.15, -0.1) is 11.8 Å². The fourth-order valence-corrected chi connectivity index (χ4v) is 6.78. The molecule has 1 aromatic heterocycles. The largest absolute Gasteiger partial charge is 0.543 e. The number of likely N-dealkylation sites (N-methyl/N-ethyl adjacent to an activating group) is 1. The lowest BCUT2D eigenvalue weighted by Crippen LogP contribution is -2.64. The number of hydrogen-bond acceptors (Lipinski definition) is 7. The van der Waals surface area contributed by atoms with Crippen molar-refractivity contribution < 1.29 is 29.2 Å². The molecule has 0 saturated carbocycles. The highest BCUT2D eigenvalue weighted by Gasteiger charge is 2.59. The predicted octanol–water partition coefficient (Wildman–Crippen LogP) is -1.21. The van der Waals surface area contributed by atoms with Crippen LogP contribution in [0.1, 0.15) is 26.0 Å². The average molecular weight is 489 g/mol. The Balaban J connectivity index is 1.38. The number of aryl methyl sites for hydroxylation is 1. The molecule has 4 heterocycles. The third-order valence-electron chi connectivity index (χ3n) is 7.23. The van der Waals surface area contributed by atoms with E-state index < -0.39 is 18.0 Å². The molecule has 9 nitrogen and oxygen atoms in total. The molecule has 2 saturated heterocycles. The number of nitrogens with one attached hydrogen (secondary N) is 1. The number of carboxylic acid groups (broad SMARTS) is 1. The van der Waals surface area contributed by atoms with Gasteiger partial charge in [-0.05, 0) is 13.3 Å². The number of pyridine rings is 1. The van der Waals surface area contributed by atoms with Crippen LogP contribution in [-0.4, -0.2) is 76.3 Å². The van der Waals surface area contributed by atoms with Crippen molar-refractivity contribution in [3.05, 3.63) is 40.7 Å². The SMILES string of the molecule is CC(O)C1C(=O)N2C(C(=O)[O-])=C(SC3CNC(C(=O)N(C)CCc4cccc[n+]4C)C3)C(C)C12. The molecule has 3 aliphatic heterocycles. The van der Waals surface area contributed by atoms with Crippen molar-refractivity contribution in [2.45, 2.75) is 50.1 Å². The highest BCUT2D eigenvalue weighted by Crippen LogP contribution is 2.51. The number of thioether (sulfide) groups is 1. The number of aliphatic hydroxyl groups is 1. The molecular formula is C24H32N4O5S. The van der Waals surface area contributed by atoms with Crippen LogP contribution in [0.25, 0.3) is 0 Å². The van der Waals surface area contributed by atoms with Crippen LogP contribution >= 0.6 is 11.8 Å². The van der Waals surface area contributed by atoms with Gasteiger partial charge in [0.1, 0.15) is 7.05 Å². The van der Waals surface area contributed by atoms with E-state index >= 15 is 0 Å². The van der Waals surface area contributed by atoms with Crippen LogP contribution in [0, 0.1) is 11.8 Å². The van der Waals surface area contributed by atoms with E-state index in [4.69, 9.17) is 0 Å². The summed E-state index contributed by atoms with van der Waals surface area (Å²) < 4.78 is 2.04. The second-order valence-electron chi connectivity index (χ2n) is 9.50. The summed E-state index contributed by atoms with van der Waals surface area (Å²) in [7, 11) is 3.78. The van der Waals surface area contributed by atoms with Crippen LogP contribution in [0.15, 0.2) is 35.0 Å². The van der Waals surface area contributed by atoms with Gasteiger partial charge in [-0.25, -0.2) is 4.57 Å². The topological polar surface area (TPSA) is 117 Å². The Hall–Kier alpha value is -2.43. The van der Waals surface area contributed by atoms with Gasteiger partial charge in [0, 0.05) is 48.3 Å². The van der Waals surface area contributed by atoms with E-state index in [0.29, 0.717) is 24.4 Å². The maximum Gasteiger partial charge on any atom is 0.239 e. The summed E-state index contributed by atoms with van der Waals surface area (Å²) in [5, 5.41) is 25.2. The Morgan fingerprint density at radius 3 is 2.79 bits per heavy atom. The van der Waals surface area contributed by atoms with E-state index in [1.54, 1.807) is 18.9 Å². The van der Waals surface area contributed by atoms with E-state index in [0.717, 1.165) is 12.1 Å². The summed E-state index contributed by atoms with van der Waals surface area (Å²) in [5.74, 6) is -2.53. The maximum atomic E-state index is 13.0. The molecule has 0 aliphatic carbocycles. The first-order chi connectivity index (χ1) is 16.1. The molecule has 184 valence electrons. The van der Waals surface area contributed by atoms with Gasteiger partial charge in [0.05, 0.1) is 42.2 Å². The number of nitrogens with zero attached hydrogens (tertiary/aromatic N) is 3. The lowest BCUT2D eigenvalue weighted by Gasteiger charge is -2.47. The van der Waals surface area contributed by atoms with E-state index in [1.807, 2.05) is 42.9 Å². The Morgan fingerprint density at radius 2 is 2.15 bits per heavy atom. The van der Waals surface area contributed by atoms with Crippen molar-refractivity contribution in [3.8, 4) is 0 Å². The standard InChI is InChI=1S/C24H32N4O5S/c1-13-19-18(14(2)29)23(31)28(19)20(24(32)33)21(13)34-16-11-17(25-12-16)22(30)27(4)10-8-15-7-5-6-9-26(15)3/h5-7,9,13-14,16-19,25,29H,8,10-12H2,1-4H3. The number of fused-ring (bicyclic) bond motifs is 1. The molecule has 0 aromatic carbocycles. The third-order valence-corrected chi connectivity index (χ3v) is 8.74. The molecule has 2 fully saturated rings. The molecule has 0 bridgehead atoms. The van der Waals surface area contributed by atoms with Gasteiger partial charge in [0.2, 0.25) is 11.8 Å². The zero-order chi connectivity index (χ0) is 24.7. The first kappa shape index (κ1) is 24.7. The Morgan fingerprint density at radius 1 is 1.41 bits per heavy atom. The molecular weight excluding hydrogens is 456 g/mol. The molecule has 3 aliphatic rings. The van der Waals surface area contributed by atoms with Crippen molar-refractivity contribution in [2.24, 2.45) is 18.9 Å². The fourth-order valence-electron chi connectivity index (χ4n) is 5.31. The van der Waals surface area contributed by atoms with Crippen molar-refractivity contribution >= 4 is 29.5 Å². The van der Waals surface area contributed by atoms with Crippen molar-refractivity contribution in [3.63, 3.8) is 0 Å². The van der Waals surface area contributed by atoms with Gasteiger partial charge in [-0.2, -0.15) is 0 Å². The van der Waals surface area contributed by atoms with Crippen molar-refractivity contribution in [1.29, 1.82) is 0 Å². The lowest BCUT2D eigenvalue weighted by atomic mass is 9.79. The quantitative estimate of drug-likeness (QED) is 0.349. The van der Waals surface area contributed by atoms with Gasteiger partial charge in [-0.1, -0.05) is 13.0 Å². The number of aromatic nitrogens is 1. The molecule has 10 heteroatoms. The van der Waals surface area contributed by atoms with Crippen LogP contribution in [0.4, 0.5) is 0 Å². The Kier molecular flexibility index (Phi) is 7.02. The van der Waals surface area contributed by atoms with Crippen molar-refractivity contribution in [2.75, 3.05) is 20.1 Å². The first-order valence-corrected chi connectivity index (χ1v) is 12.5. The van der Waals surface area contributed by atoms with Crippen LogP contribution < -0.4 is 15.0 Å². The smallest absolute Gasteiger partial charge is 0.239 e. The number of amides is 2. The summed E-state index contributed by atoms with van der Waals surface area (Å²) in [6, 6.07) is 5.30. The van der Waals surface area contributed by atoms with Crippen LogP contribution in [0.2, 0.25) is 0 Å². The summed E-state index contributed by atoms with van der Waals surface area (Å²) >= 11 is 1.41. The molecule has 4 rings (SSSR count). The second kappa shape index (κ2) is 9.67. The van der Waals surface area contributed by atoms with E-state index in [9.17, 15) is 24.6 Å². The monoisotopic (exact) mass is 488 g/mol. The fraction of sp³-hybridized carbons (Fsp3) is 0.583. The van der Waals surface area contributed by atoms with E-state index in [2.05, 4.69) is 5.32 Å². The number of β-lactam (4-membered cyclic amide) rings is 1. The highest BCUT2D eigenvalue weighted by atomic mass is 32.2. The zero-order valence-electron chi connectivity index (χ0n) is 19.9. The molecule has 1 aromatic rings. The molecule has 0 spiro atoms. The molecule has 0 radical (unpaired) electrons. The molecule has 6 unspecified atom stereocenters. The lowest BCUT2D eigenvalue weighted by molar-refractivity contribution is -0.679. The number of aliphatic carboxylic acids is 1. The van der Waals surface area contributed by atoms with Gasteiger partial charge in [0.25, 0.3) is 0 Å². The van der Waals surface area contributed by atoms with Crippen LogP contribution in [-0.2, 0) is 27.9 Å². The maximum absolute atomic E-state index is 13.0. The summed E-state index contributed by atoms with van der Waals surface area (Å²) in [5.41, 5.74) is 1.06. The van der Waals surface area contributed by atoms with Crippen LogP contribution in [0.5, 0.6) is 0 Å². The minimum Gasteiger partial charge on any atom is -0.543 e. The molecule has 2 amide bonds. The Labute approximate surface area is 203 Å². The van der Waals surface area contributed by atoms with Gasteiger partial charge in [-0.3, -0.25) is 9.59 Å². The van der Waals surface area contributed by atoms with E-state index in [1.165, 1.54) is 16.7 Å². The van der Waals surface area contributed by atoms with Gasteiger partial charge < -0.3 is 30.1 Å². The normalized spacial score (nSPS) is 29.1. The van der Waals surface area contributed by atoms with Crippen molar-refractivity contribution in [1.82, 2.24) is 15.1 Å². The number of carbonyl (C=O) groups excluding carboxylic acids is 3. The highest BCUT2D eigenvalue weighted by molar-refractivity contribution is 8.03. The van der Waals surface area contributed by atoms with Crippen LogP contribution in [0.3, 0.4) is 0 Å². The van der Waals surface area contributed by atoms with Gasteiger partial charge >= 0.3 is 0 Å². The van der Waals surface area contributed by atoms with E-state index in [-0.39, 0.29) is 40.8 Å². The number of rotatable bonds is 8. The summed E-state index contributed by atoms with van der Waals surface area (Å²) in [4.78, 5) is 41.0. The summed E-state index contributed by atoms with van der Waals surface area (Å²) in [6.45, 7) is 4.61. The molecule has 2 N–H and O–H groups in total. The first-order valence-electron chi connectivity index (χ1n) is 11.7. The minimum absolute atomic E-state index is 0.000115. The van der Waals surface area contributed by atoms with Gasteiger partial charge in [0.15, 0.2) is 11.9 Å². The third kappa shape index (κ3) is 4.34. The summed E-state index contributed by atoms with van der Waals surface area (Å²) in [6.07, 6.45) is 2.46. The number of hydrogen-bond donors (Lipinski definition) is 2.